The summed E-state index contributed by atoms with van der Waals surface area (Å²) in [6, 6.07) is 14.4. The second-order valence-electron chi connectivity index (χ2n) is 6.80. The Hall–Kier alpha value is -2.33. The van der Waals surface area contributed by atoms with Crippen molar-refractivity contribution in [3.05, 3.63) is 59.2 Å². The maximum atomic E-state index is 12.9. The fraction of sp³-hybridized carbons (Fsp3) is 0.381. The molecule has 0 saturated carbocycles. The highest BCUT2D eigenvalue weighted by Crippen LogP contribution is 2.43. The molecule has 0 spiro atoms. The van der Waals surface area contributed by atoms with Crippen LogP contribution < -0.4 is 9.47 Å². The minimum absolute atomic E-state index is 0.0147. The lowest BCUT2D eigenvalue weighted by molar-refractivity contribution is -0.125. The average molecular weight is 337 g/mol. The molecule has 0 amide bonds. The highest BCUT2D eigenvalue weighted by atomic mass is 16.5. The van der Waals surface area contributed by atoms with Crippen molar-refractivity contribution in [2.75, 3.05) is 27.3 Å². The molecular weight excluding hydrogens is 314 g/mol. The zero-order valence-corrected chi connectivity index (χ0v) is 14.7. The van der Waals surface area contributed by atoms with Gasteiger partial charge in [0.25, 0.3) is 0 Å². The highest BCUT2D eigenvalue weighted by molar-refractivity contribution is 5.87. The first-order valence-corrected chi connectivity index (χ1v) is 8.77. The molecule has 2 aliphatic heterocycles. The smallest absolute Gasteiger partial charge is 0.161 e. The summed E-state index contributed by atoms with van der Waals surface area (Å²) in [5.41, 5.74) is 3.61. The van der Waals surface area contributed by atoms with Crippen molar-refractivity contribution in [1.82, 2.24) is 4.90 Å². The first-order valence-electron chi connectivity index (χ1n) is 8.77. The molecule has 2 heterocycles. The van der Waals surface area contributed by atoms with Gasteiger partial charge in [-0.1, -0.05) is 30.3 Å². The number of ether oxygens (including phenoxy) is 2. The Labute approximate surface area is 148 Å². The number of ketones is 1. The molecule has 0 radical (unpaired) electrons. The van der Waals surface area contributed by atoms with Gasteiger partial charge in [-0.3, -0.25) is 9.69 Å². The van der Waals surface area contributed by atoms with E-state index in [1.807, 2.05) is 18.2 Å². The minimum Gasteiger partial charge on any atom is -0.493 e. The first-order chi connectivity index (χ1) is 12.2. The fourth-order valence-corrected chi connectivity index (χ4v) is 4.18. The zero-order chi connectivity index (χ0) is 17.4. The summed E-state index contributed by atoms with van der Waals surface area (Å²) in [5, 5.41) is 0. The summed E-state index contributed by atoms with van der Waals surface area (Å²) in [5.74, 6) is 1.81. The van der Waals surface area contributed by atoms with Gasteiger partial charge >= 0.3 is 0 Å². The Kier molecular flexibility index (Phi) is 4.22. The molecule has 0 unspecified atom stereocenters. The number of fused-ring (bicyclic) bond motifs is 3. The zero-order valence-electron chi connectivity index (χ0n) is 14.7. The molecule has 1 fully saturated rings. The van der Waals surface area contributed by atoms with Gasteiger partial charge in [-0.25, -0.2) is 0 Å². The van der Waals surface area contributed by atoms with E-state index in [4.69, 9.17) is 9.47 Å². The van der Waals surface area contributed by atoms with Crippen LogP contribution in [0.5, 0.6) is 11.5 Å². The van der Waals surface area contributed by atoms with Crippen LogP contribution in [-0.4, -0.2) is 38.0 Å². The minimum atomic E-state index is -0.0147. The van der Waals surface area contributed by atoms with Gasteiger partial charge in [0.1, 0.15) is 5.78 Å². The van der Waals surface area contributed by atoms with E-state index in [1.165, 1.54) is 11.1 Å². The third kappa shape index (κ3) is 2.81. The van der Waals surface area contributed by atoms with Crippen LogP contribution in [0.1, 0.15) is 35.1 Å². The van der Waals surface area contributed by atoms with Crippen molar-refractivity contribution in [1.29, 1.82) is 0 Å². The van der Waals surface area contributed by atoms with Crippen molar-refractivity contribution in [3.8, 4) is 11.5 Å². The first kappa shape index (κ1) is 16.2. The topological polar surface area (TPSA) is 38.8 Å². The van der Waals surface area contributed by atoms with Gasteiger partial charge in [0.2, 0.25) is 0 Å². The number of Topliss-reactive ketones (excluding diaryl/α,β-unsaturated/α-hetero) is 1. The number of rotatable bonds is 3. The van der Waals surface area contributed by atoms with Gasteiger partial charge < -0.3 is 9.47 Å². The van der Waals surface area contributed by atoms with E-state index in [2.05, 4.69) is 29.2 Å². The molecule has 4 heteroatoms. The van der Waals surface area contributed by atoms with E-state index in [9.17, 15) is 4.79 Å². The summed E-state index contributed by atoms with van der Waals surface area (Å²) in [7, 11) is 3.32. The standard InChI is InChI=1S/C21H23NO3/c1-24-20-10-15-8-9-22-13-17(14-6-4-3-5-7-14)19(23)12-18(22)16(15)11-21(20)25-2/h3-7,10-11,17-18H,8-9,12-13H2,1-2H3/t17-,18-/m1/s1. The van der Waals surface area contributed by atoms with Crippen molar-refractivity contribution in [3.63, 3.8) is 0 Å². The molecule has 0 bridgehead atoms. The average Bonchev–Trinajstić information content (AvgIpc) is 2.67. The molecule has 1 saturated heterocycles. The lowest BCUT2D eigenvalue weighted by Gasteiger charge is -2.43. The molecule has 130 valence electrons. The molecular formula is C21H23NO3. The molecule has 0 N–H and O–H groups in total. The van der Waals surface area contributed by atoms with E-state index >= 15 is 0 Å². The van der Waals surface area contributed by atoms with Crippen LogP contribution in [0.3, 0.4) is 0 Å². The molecule has 0 aliphatic carbocycles. The number of carbonyl (C=O) groups is 1. The maximum absolute atomic E-state index is 12.9. The normalized spacial score (nSPS) is 22.9. The molecule has 2 aliphatic rings. The van der Waals surface area contributed by atoms with E-state index in [-0.39, 0.29) is 12.0 Å². The van der Waals surface area contributed by atoms with Gasteiger partial charge in [0.15, 0.2) is 11.5 Å². The van der Waals surface area contributed by atoms with Crippen LogP contribution in [-0.2, 0) is 11.2 Å². The molecule has 4 nitrogen and oxygen atoms in total. The third-order valence-electron chi connectivity index (χ3n) is 5.52. The Morgan fingerprint density at radius 1 is 1.04 bits per heavy atom. The molecule has 2 atom stereocenters. The highest BCUT2D eigenvalue weighted by Gasteiger charge is 2.39. The van der Waals surface area contributed by atoms with Crippen molar-refractivity contribution < 1.29 is 14.3 Å². The Bertz CT molecular complexity index is 787. The van der Waals surface area contributed by atoms with Gasteiger partial charge in [-0.15, -0.1) is 0 Å². The lowest BCUT2D eigenvalue weighted by Crippen LogP contribution is -2.45. The number of hydrogen-bond acceptors (Lipinski definition) is 4. The van der Waals surface area contributed by atoms with Crippen LogP contribution >= 0.6 is 0 Å². The van der Waals surface area contributed by atoms with E-state index in [0.29, 0.717) is 12.2 Å². The monoisotopic (exact) mass is 337 g/mol. The van der Waals surface area contributed by atoms with Crippen LogP contribution in [0, 0.1) is 0 Å². The number of nitrogens with zero attached hydrogens (tertiary/aromatic N) is 1. The summed E-state index contributed by atoms with van der Waals surface area (Å²) >= 11 is 0. The predicted octanol–water partition coefficient (Wildman–Crippen LogP) is 3.36. The Morgan fingerprint density at radius 2 is 1.76 bits per heavy atom. The van der Waals surface area contributed by atoms with Crippen molar-refractivity contribution in [2.24, 2.45) is 0 Å². The number of methoxy groups -OCH3 is 2. The molecule has 2 aromatic carbocycles. The van der Waals surface area contributed by atoms with E-state index in [1.54, 1.807) is 14.2 Å². The Morgan fingerprint density at radius 3 is 2.48 bits per heavy atom. The third-order valence-corrected chi connectivity index (χ3v) is 5.52. The second kappa shape index (κ2) is 6.52. The summed E-state index contributed by atoms with van der Waals surface area (Å²) < 4.78 is 10.9. The number of piperidine rings is 1. The van der Waals surface area contributed by atoms with E-state index in [0.717, 1.165) is 36.6 Å². The van der Waals surface area contributed by atoms with Crippen LogP contribution in [0.4, 0.5) is 0 Å². The van der Waals surface area contributed by atoms with Crippen LogP contribution in [0.25, 0.3) is 0 Å². The quantitative estimate of drug-likeness (QED) is 0.861. The lowest BCUT2D eigenvalue weighted by atomic mass is 9.80. The van der Waals surface area contributed by atoms with Crippen LogP contribution in [0.15, 0.2) is 42.5 Å². The summed E-state index contributed by atoms with van der Waals surface area (Å²) in [6.07, 6.45) is 1.53. The number of hydrogen-bond donors (Lipinski definition) is 0. The van der Waals surface area contributed by atoms with Crippen molar-refractivity contribution in [2.45, 2.75) is 24.8 Å². The van der Waals surface area contributed by atoms with E-state index < -0.39 is 0 Å². The maximum Gasteiger partial charge on any atom is 0.161 e. The molecule has 0 aromatic heterocycles. The van der Waals surface area contributed by atoms with Gasteiger partial charge in [0.05, 0.1) is 20.1 Å². The summed E-state index contributed by atoms with van der Waals surface area (Å²) in [6.45, 7) is 1.77. The molecule has 4 rings (SSSR count). The SMILES string of the molecule is COc1cc2c(cc1OC)[C@H]1CC(=O)[C@@H](c3ccccc3)CN1CC2. The molecule has 25 heavy (non-hydrogen) atoms. The van der Waals surface area contributed by atoms with Gasteiger partial charge in [-0.2, -0.15) is 0 Å². The largest absolute Gasteiger partial charge is 0.493 e. The van der Waals surface area contributed by atoms with Crippen LogP contribution in [0.2, 0.25) is 0 Å². The van der Waals surface area contributed by atoms with Gasteiger partial charge in [0, 0.05) is 25.6 Å². The number of benzene rings is 2. The summed E-state index contributed by atoms with van der Waals surface area (Å²) in [4.78, 5) is 15.3. The predicted molar refractivity (Wildman–Crippen MR) is 96.4 cm³/mol. The molecule has 2 aromatic rings. The van der Waals surface area contributed by atoms with Gasteiger partial charge in [-0.05, 0) is 35.2 Å². The Balaban J connectivity index is 1.66. The number of carbonyl (C=O) groups excluding carboxylic acids is 1. The van der Waals surface area contributed by atoms with Crippen molar-refractivity contribution >= 4 is 5.78 Å². The second-order valence-corrected chi connectivity index (χ2v) is 6.80. The fourth-order valence-electron chi connectivity index (χ4n) is 4.18.